The quantitative estimate of drug-likeness (QED) is 0.860. The standard InChI is InChI=1S/C17H19NO2S/c1-11-10-21-15(18-16(20)17(2,3)4)13(11)14(19)12-8-6-5-7-9-12/h5-10H,1-4H3,(H,18,20). The van der Waals surface area contributed by atoms with E-state index in [4.69, 9.17) is 0 Å². The highest BCUT2D eigenvalue weighted by atomic mass is 32.1. The summed E-state index contributed by atoms with van der Waals surface area (Å²) < 4.78 is 0. The van der Waals surface area contributed by atoms with Crippen LogP contribution in [0, 0.1) is 12.3 Å². The summed E-state index contributed by atoms with van der Waals surface area (Å²) in [5.41, 5.74) is 1.61. The number of aryl methyl sites for hydroxylation is 1. The van der Waals surface area contributed by atoms with E-state index >= 15 is 0 Å². The van der Waals surface area contributed by atoms with Gasteiger partial charge in [-0.2, -0.15) is 0 Å². The number of thiophene rings is 1. The van der Waals surface area contributed by atoms with Crippen LogP contribution in [0.5, 0.6) is 0 Å². The Morgan fingerprint density at radius 3 is 2.29 bits per heavy atom. The van der Waals surface area contributed by atoms with Gasteiger partial charge in [0.2, 0.25) is 5.91 Å². The van der Waals surface area contributed by atoms with Gasteiger partial charge in [-0.1, -0.05) is 51.1 Å². The molecule has 1 amide bonds. The van der Waals surface area contributed by atoms with E-state index in [2.05, 4.69) is 5.32 Å². The predicted molar refractivity (Wildman–Crippen MR) is 87.0 cm³/mol. The van der Waals surface area contributed by atoms with Gasteiger partial charge in [0.25, 0.3) is 0 Å². The predicted octanol–water partition coefficient (Wildman–Crippen LogP) is 4.27. The van der Waals surface area contributed by atoms with E-state index in [1.807, 2.05) is 51.3 Å². The number of ketones is 1. The third kappa shape index (κ3) is 3.39. The molecule has 0 aliphatic rings. The van der Waals surface area contributed by atoms with Crippen LogP contribution in [0.3, 0.4) is 0 Å². The molecule has 0 radical (unpaired) electrons. The highest BCUT2D eigenvalue weighted by molar-refractivity contribution is 7.15. The van der Waals surface area contributed by atoms with Gasteiger partial charge in [0, 0.05) is 11.0 Å². The molecule has 3 nitrogen and oxygen atoms in total. The minimum absolute atomic E-state index is 0.0569. The lowest BCUT2D eigenvalue weighted by Crippen LogP contribution is -2.28. The van der Waals surface area contributed by atoms with Crippen LogP contribution in [0.4, 0.5) is 5.00 Å². The number of hydrogen-bond acceptors (Lipinski definition) is 3. The molecular weight excluding hydrogens is 282 g/mol. The molecule has 110 valence electrons. The molecule has 0 fully saturated rings. The summed E-state index contributed by atoms with van der Waals surface area (Å²) in [5, 5.41) is 5.40. The zero-order chi connectivity index (χ0) is 15.6. The molecule has 0 bridgehead atoms. The molecule has 1 aromatic heterocycles. The van der Waals surface area contributed by atoms with Crippen molar-refractivity contribution in [2.75, 3.05) is 5.32 Å². The fourth-order valence-electron chi connectivity index (χ4n) is 1.84. The summed E-state index contributed by atoms with van der Waals surface area (Å²) >= 11 is 1.39. The molecule has 1 aromatic carbocycles. The molecule has 21 heavy (non-hydrogen) atoms. The zero-order valence-corrected chi connectivity index (χ0v) is 13.5. The first-order valence-corrected chi connectivity index (χ1v) is 7.68. The Morgan fingerprint density at radius 1 is 1.10 bits per heavy atom. The topological polar surface area (TPSA) is 46.2 Å². The molecule has 0 unspecified atom stereocenters. The zero-order valence-electron chi connectivity index (χ0n) is 12.7. The SMILES string of the molecule is Cc1csc(NC(=O)C(C)(C)C)c1C(=O)c1ccccc1. The Labute approximate surface area is 129 Å². The van der Waals surface area contributed by atoms with Crippen LogP contribution in [0.1, 0.15) is 42.3 Å². The lowest BCUT2D eigenvalue weighted by molar-refractivity contribution is -0.123. The second-order valence-electron chi connectivity index (χ2n) is 6.02. The molecule has 0 atom stereocenters. The fourth-order valence-corrected chi connectivity index (χ4v) is 2.78. The molecule has 1 N–H and O–H groups in total. The maximum atomic E-state index is 12.6. The molecule has 0 aliphatic carbocycles. The second kappa shape index (κ2) is 5.82. The van der Waals surface area contributed by atoms with Gasteiger partial charge in [-0.3, -0.25) is 9.59 Å². The normalized spacial score (nSPS) is 11.2. The van der Waals surface area contributed by atoms with Crippen LogP contribution in [0.25, 0.3) is 0 Å². The Balaban J connectivity index is 2.35. The molecule has 0 saturated carbocycles. The van der Waals surface area contributed by atoms with E-state index in [-0.39, 0.29) is 11.7 Å². The van der Waals surface area contributed by atoms with Crippen LogP contribution >= 0.6 is 11.3 Å². The minimum Gasteiger partial charge on any atom is -0.317 e. The smallest absolute Gasteiger partial charge is 0.230 e. The second-order valence-corrected chi connectivity index (χ2v) is 6.90. The first kappa shape index (κ1) is 15.4. The number of benzene rings is 1. The average Bonchev–Trinajstić information content (AvgIpc) is 2.79. The van der Waals surface area contributed by atoms with Crippen molar-refractivity contribution in [1.82, 2.24) is 0 Å². The van der Waals surface area contributed by atoms with Crippen molar-refractivity contribution in [3.8, 4) is 0 Å². The minimum atomic E-state index is -0.495. The van der Waals surface area contributed by atoms with Crippen molar-refractivity contribution in [1.29, 1.82) is 0 Å². The van der Waals surface area contributed by atoms with Crippen molar-refractivity contribution >= 4 is 28.0 Å². The fraction of sp³-hybridized carbons (Fsp3) is 0.294. The first-order valence-electron chi connectivity index (χ1n) is 6.80. The van der Waals surface area contributed by atoms with Crippen LogP contribution in [0.2, 0.25) is 0 Å². The Morgan fingerprint density at radius 2 is 1.71 bits per heavy atom. The third-order valence-electron chi connectivity index (χ3n) is 3.15. The Kier molecular flexibility index (Phi) is 4.28. The van der Waals surface area contributed by atoms with Gasteiger partial charge < -0.3 is 5.32 Å². The van der Waals surface area contributed by atoms with Crippen LogP contribution < -0.4 is 5.32 Å². The maximum absolute atomic E-state index is 12.6. The molecule has 0 aliphatic heterocycles. The molecular formula is C17H19NO2S. The summed E-state index contributed by atoms with van der Waals surface area (Å²) in [7, 11) is 0. The largest absolute Gasteiger partial charge is 0.317 e. The molecule has 2 aromatic rings. The van der Waals surface area contributed by atoms with Crippen molar-refractivity contribution < 1.29 is 9.59 Å². The van der Waals surface area contributed by atoms with E-state index in [1.165, 1.54) is 11.3 Å². The monoisotopic (exact) mass is 301 g/mol. The van der Waals surface area contributed by atoms with Crippen molar-refractivity contribution in [3.63, 3.8) is 0 Å². The van der Waals surface area contributed by atoms with Gasteiger partial charge in [-0.15, -0.1) is 11.3 Å². The summed E-state index contributed by atoms with van der Waals surface area (Å²) in [6.45, 7) is 7.43. The first-order chi connectivity index (χ1) is 9.80. The van der Waals surface area contributed by atoms with E-state index in [0.29, 0.717) is 16.1 Å². The lowest BCUT2D eigenvalue weighted by atomic mass is 9.95. The number of carbonyl (C=O) groups excluding carboxylic acids is 2. The number of rotatable bonds is 3. The van der Waals surface area contributed by atoms with Gasteiger partial charge in [-0.05, 0) is 17.9 Å². The number of hydrogen-bond donors (Lipinski definition) is 1. The summed E-state index contributed by atoms with van der Waals surface area (Å²) in [4.78, 5) is 24.8. The average molecular weight is 301 g/mol. The highest BCUT2D eigenvalue weighted by Crippen LogP contribution is 2.31. The van der Waals surface area contributed by atoms with Crippen molar-refractivity contribution in [3.05, 3.63) is 52.4 Å². The third-order valence-corrected chi connectivity index (χ3v) is 4.16. The van der Waals surface area contributed by atoms with Crippen LogP contribution in [-0.4, -0.2) is 11.7 Å². The van der Waals surface area contributed by atoms with Crippen LogP contribution in [0.15, 0.2) is 35.7 Å². The van der Waals surface area contributed by atoms with Gasteiger partial charge in [-0.25, -0.2) is 0 Å². The summed E-state index contributed by atoms with van der Waals surface area (Å²) in [6.07, 6.45) is 0. The molecule has 2 rings (SSSR count). The Hall–Kier alpha value is -1.94. The van der Waals surface area contributed by atoms with Gasteiger partial charge in [0.1, 0.15) is 5.00 Å². The summed E-state index contributed by atoms with van der Waals surface area (Å²) in [6, 6.07) is 9.12. The van der Waals surface area contributed by atoms with E-state index in [9.17, 15) is 9.59 Å². The van der Waals surface area contributed by atoms with Crippen molar-refractivity contribution in [2.45, 2.75) is 27.7 Å². The highest BCUT2D eigenvalue weighted by Gasteiger charge is 2.25. The van der Waals surface area contributed by atoms with Gasteiger partial charge in [0.05, 0.1) is 5.56 Å². The number of anilines is 1. The summed E-state index contributed by atoms with van der Waals surface area (Å²) in [5.74, 6) is -0.148. The van der Waals surface area contributed by atoms with Gasteiger partial charge >= 0.3 is 0 Å². The van der Waals surface area contributed by atoms with Crippen molar-refractivity contribution in [2.24, 2.45) is 5.41 Å². The van der Waals surface area contributed by atoms with E-state index in [1.54, 1.807) is 12.1 Å². The van der Waals surface area contributed by atoms with E-state index in [0.717, 1.165) is 5.56 Å². The van der Waals surface area contributed by atoms with E-state index < -0.39 is 5.41 Å². The number of amides is 1. The molecule has 1 heterocycles. The number of carbonyl (C=O) groups is 2. The molecule has 4 heteroatoms. The lowest BCUT2D eigenvalue weighted by Gasteiger charge is -2.17. The van der Waals surface area contributed by atoms with Crippen LogP contribution in [-0.2, 0) is 4.79 Å². The van der Waals surface area contributed by atoms with Gasteiger partial charge in [0.15, 0.2) is 5.78 Å². The Bertz CT molecular complexity index is 666. The maximum Gasteiger partial charge on any atom is 0.230 e. The molecule has 0 spiro atoms. The number of nitrogens with one attached hydrogen (secondary N) is 1. The molecule has 0 saturated heterocycles.